The van der Waals surface area contributed by atoms with Crippen LogP contribution in [0.5, 0.6) is 0 Å². The predicted molar refractivity (Wildman–Crippen MR) is 76.8 cm³/mol. The summed E-state index contributed by atoms with van der Waals surface area (Å²) in [5.74, 6) is -1.40. The molecule has 0 aliphatic carbocycles. The number of nitrogens with one attached hydrogen (secondary N) is 1. The van der Waals surface area contributed by atoms with Gasteiger partial charge in [-0.3, -0.25) is 4.79 Å². The van der Waals surface area contributed by atoms with E-state index < -0.39 is 26.8 Å². The van der Waals surface area contributed by atoms with E-state index in [2.05, 4.69) is 21.2 Å². The fourth-order valence-electron chi connectivity index (χ4n) is 1.61. The second-order valence-corrected chi connectivity index (χ2v) is 6.19. The Morgan fingerprint density at radius 3 is 2.43 bits per heavy atom. The third-order valence-corrected chi connectivity index (χ3v) is 4.10. The van der Waals surface area contributed by atoms with Crippen LogP contribution in [0.15, 0.2) is 51.8 Å². The molecule has 4 nitrogen and oxygen atoms in total. The molecule has 0 spiro atoms. The van der Waals surface area contributed by atoms with Crippen LogP contribution in [-0.2, 0) is 10.2 Å². The monoisotopic (exact) mass is 375 g/mol. The number of rotatable bonds is 3. The Labute approximate surface area is 128 Å². The van der Waals surface area contributed by atoms with Gasteiger partial charge in [-0.1, -0.05) is 12.1 Å². The van der Waals surface area contributed by atoms with Gasteiger partial charge >= 0.3 is 10.2 Å². The van der Waals surface area contributed by atoms with Crippen molar-refractivity contribution in [3.8, 4) is 0 Å². The van der Waals surface area contributed by atoms with Crippen LogP contribution in [0.1, 0.15) is 10.4 Å². The van der Waals surface area contributed by atoms with Gasteiger partial charge in [0, 0.05) is 5.56 Å². The van der Waals surface area contributed by atoms with Crippen molar-refractivity contribution in [1.82, 2.24) is 0 Å². The van der Waals surface area contributed by atoms with E-state index >= 15 is 0 Å². The zero-order valence-electron chi connectivity index (χ0n) is 10.3. The molecule has 1 amide bonds. The Morgan fingerprint density at radius 2 is 1.81 bits per heavy atom. The van der Waals surface area contributed by atoms with Gasteiger partial charge in [0.05, 0.1) is 10.2 Å². The fourth-order valence-corrected chi connectivity index (χ4v) is 2.48. The third-order valence-electron chi connectivity index (χ3n) is 2.58. The first-order valence-corrected chi connectivity index (χ1v) is 7.77. The second kappa shape index (κ2) is 5.90. The summed E-state index contributed by atoms with van der Waals surface area (Å²) in [6.07, 6.45) is 0. The largest absolute Gasteiger partial charge is 0.334 e. The molecule has 21 heavy (non-hydrogen) atoms. The maximum atomic E-state index is 13.4. The first kappa shape index (κ1) is 15.6. The van der Waals surface area contributed by atoms with Crippen LogP contribution >= 0.6 is 15.9 Å². The molecule has 0 radical (unpaired) electrons. The molecule has 2 aromatic carbocycles. The normalized spacial score (nSPS) is 11.2. The highest BCUT2D eigenvalue weighted by atomic mass is 79.9. The summed E-state index contributed by atoms with van der Waals surface area (Å²) in [4.78, 5) is 11.3. The maximum absolute atomic E-state index is 13.4. The summed E-state index contributed by atoms with van der Waals surface area (Å²) in [7, 11) is -4.97. The number of halogens is 3. The van der Waals surface area contributed by atoms with Crippen LogP contribution in [0.4, 0.5) is 14.0 Å². The number of benzene rings is 2. The molecule has 0 saturated heterocycles. The highest BCUT2D eigenvalue weighted by Crippen LogP contribution is 2.24. The van der Waals surface area contributed by atoms with Crippen molar-refractivity contribution in [3.63, 3.8) is 0 Å². The minimum Gasteiger partial charge on any atom is -0.321 e. The minimum absolute atomic E-state index is 0.0261. The number of anilines is 1. The first-order chi connectivity index (χ1) is 9.79. The lowest BCUT2D eigenvalue weighted by molar-refractivity contribution is 0.102. The number of carbonyl (C=O) groups is 1. The first-order valence-electron chi connectivity index (χ1n) is 5.59. The lowest BCUT2D eigenvalue weighted by atomic mass is 10.2. The topological polar surface area (TPSA) is 63.2 Å². The van der Waals surface area contributed by atoms with E-state index in [0.717, 1.165) is 12.1 Å². The van der Waals surface area contributed by atoms with E-state index in [0.29, 0.717) is 0 Å². The third kappa shape index (κ3) is 3.64. The van der Waals surface area contributed by atoms with Gasteiger partial charge in [-0.05, 0) is 46.3 Å². The molecule has 0 aliphatic heterocycles. The van der Waals surface area contributed by atoms with Gasteiger partial charge in [0.15, 0.2) is 0 Å². The molecule has 0 aromatic heterocycles. The minimum atomic E-state index is -4.97. The van der Waals surface area contributed by atoms with Crippen LogP contribution in [0.2, 0.25) is 0 Å². The molecule has 0 unspecified atom stereocenters. The summed E-state index contributed by atoms with van der Waals surface area (Å²) in [5, 5.41) is 2.24. The van der Waals surface area contributed by atoms with E-state index in [-0.39, 0.29) is 15.7 Å². The van der Waals surface area contributed by atoms with Crippen molar-refractivity contribution in [2.45, 2.75) is 4.90 Å². The standard InChI is InChI=1S/C13H8BrF2NO3S/c14-9-6-5-8(7-10(9)15)13(18)17-11-3-1-2-4-12(11)21(16,19)20/h1-7H,(H,17,18). The molecule has 0 heterocycles. The highest BCUT2D eigenvalue weighted by Gasteiger charge is 2.19. The van der Waals surface area contributed by atoms with Crippen molar-refractivity contribution in [1.29, 1.82) is 0 Å². The van der Waals surface area contributed by atoms with Crippen LogP contribution in [0.25, 0.3) is 0 Å². The summed E-state index contributed by atoms with van der Waals surface area (Å²) in [5.41, 5.74) is -0.241. The molecule has 110 valence electrons. The number of carbonyl (C=O) groups excluding carboxylic acids is 1. The summed E-state index contributed by atoms with van der Waals surface area (Å²) >= 11 is 2.95. The molecule has 0 fully saturated rings. The SMILES string of the molecule is O=C(Nc1ccccc1S(=O)(=O)F)c1ccc(Br)c(F)c1. The zero-order chi connectivity index (χ0) is 15.6. The number of para-hydroxylation sites is 1. The molecule has 0 aliphatic rings. The van der Waals surface area contributed by atoms with Crippen LogP contribution in [-0.4, -0.2) is 14.3 Å². The lowest BCUT2D eigenvalue weighted by Crippen LogP contribution is -2.14. The molecule has 2 rings (SSSR count). The van der Waals surface area contributed by atoms with Gasteiger partial charge in [-0.2, -0.15) is 8.42 Å². The van der Waals surface area contributed by atoms with Gasteiger partial charge in [0.25, 0.3) is 5.91 Å². The van der Waals surface area contributed by atoms with Crippen molar-refractivity contribution in [2.24, 2.45) is 0 Å². The molecule has 0 atom stereocenters. The van der Waals surface area contributed by atoms with Crippen molar-refractivity contribution in [2.75, 3.05) is 5.32 Å². The smallest absolute Gasteiger partial charge is 0.321 e. The van der Waals surface area contributed by atoms with Crippen LogP contribution < -0.4 is 5.32 Å². The summed E-state index contributed by atoms with van der Waals surface area (Å²) < 4.78 is 48.6. The van der Waals surface area contributed by atoms with Gasteiger partial charge in [0.2, 0.25) is 0 Å². The molecular formula is C13H8BrF2NO3S. The summed E-state index contributed by atoms with van der Waals surface area (Å²) in [6.45, 7) is 0. The Hall–Kier alpha value is -1.80. The number of hydrogen-bond donors (Lipinski definition) is 1. The van der Waals surface area contributed by atoms with E-state index in [1.165, 1.54) is 30.3 Å². The Balaban J connectivity index is 2.34. The average molecular weight is 376 g/mol. The summed E-state index contributed by atoms with van der Waals surface area (Å²) in [6, 6.07) is 8.67. The zero-order valence-corrected chi connectivity index (χ0v) is 12.7. The Morgan fingerprint density at radius 1 is 1.14 bits per heavy atom. The Bertz CT molecular complexity index is 809. The molecule has 1 N–H and O–H groups in total. The highest BCUT2D eigenvalue weighted by molar-refractivity contribution is 9.10. The average Bonchev–Trinajstić information content (AvgIpc) is 2.41. The van der Waals surface area contributed by atoms with E-state index in [9.17, 15) is 21.5 Å². The molecular weight excluding hydrogens is 368 g/mol. The van der Waals surface area contributed by atoms with Gasteiger partial charge in [-0.15, -0.1) is 3.89 Å². The molecule has 0 saturated carbocycles. The van der Waals surface area contributed by atoms with E-state index in [1.54, 1.807) is 0 Å². The van der Waals surface area contributed by atoms with Crippen molar-refractivity contribution < 1.29 is 21.5 Å². The number of hydrogen-bond acceptors (Lipinski definition) is 3. The molecule has 8 heteroatoms. The molecule has 2 aromatic rings. The maximum Gasteiger partial charge on any atom is 0.334 e. The van der Waals surface area contributed by atoms with Crippen molar-refractivity contribution >= 4 is 37.7 Å². The van der Waals surface area contributed by atoms with E-state index in [4.69, 9.17) is 0 Å². The predicted octanol–water partition coefficient (Wildman–Crippen LogP) is 3.50. The Kier molecular flexibility index (Phi) is 4.38. The van der Waals surface area contributed by atoms with Gasteiger partial charge in [-0.25, -0.2) is 4.39 Å². The second-order valence-electron chi connectivity index (χ2n) is 4.02. The lowest BCUT2D eigenvalue weighted by Gasteiger charge is -2.08. The van der Waals surface area contributed by atoms with E-state index in [1.807, 2.05) is 0 Å². The number of amides is 1. The van der Waals surface area contributed by atoms with Gasteiger partial charge < -0.3 is 5.32 Å². The quantitative estimate of drug-likeness (QED) is 0.835. The van der Waals surface area contributed by atoms with Gasteiger partial charge in [0.1, 0.15) is 10.7 Å². The van der Waals surface area contributed by atoms with Crippen LogP contribution in [0, 0.1) is 5.82 Å². The van der Waals surface area contributed by atoms with Crippen molar-refractivity contribution in [3.05, 3.63) is 58.3 Å². The molecule has 0 bridgehead atoms. The fraction of sp³-hybridized carbons (Fsp3) is 0. The van der Waals surface area contributed by atoms with Crippen LogP contribution in [0.3, 0.4) is 0 Å².